The first-order chi connectivity index (χ1) is 9.83. The van der Waals surface area contributed by atoms with Gasteiger partial charge in [-0.3, -0.25) is 0 Å². The van der Waals surface area contributed by atoms with E-state index in [1.807, 2.05) is 18.2 Å². The molecule has 6 heteroatoms. The number of ether oxygens (including phenoxy) is 2. The van der Waals surface area contributed by atoms with Gasteiger partial charge in [0.05, 0.1) is 7.11 Å². The molecule has 0 aliphatic rings. The van der Waals surface area contributed by atoms with Crippen LogP contribution in [0, 0.1) is 0 Å². The maximum Gasteiger partial charge on any atom is 0.213 e. The molecule has 108 valence electrons. The second kappa shape index (κ2) is 7.49. The van der Waals surface area contributed by atoms with E-state index in [-0.39, 0.29) is 6.61 Å². The van der Waals surface area contributed by atoms with E-state index in [1.165, 1.54) is 6.39 Å². The van der Waals surface area contributed by atoms with Gasteiger partial charge in [-0.2, -0.15) is 4.98 Å². The number of aromatic nitrogens is 2. The molecule has 0 spiro atoms. The van der Waals surface area contributed by atoms with Gasteiger partial charge < -0.3 is 19.3 Å². The lowest BCUT2D eigenvalue weighted by molar-refractivity contribution is 0.282. The highest BCUT2D eigenvalue weighted by Crippen LogP contribution is 2.24. The van der Waals surface area contributed by atoms with Crippen LogP contribution in [0.15, 0.2) is 29.1 Å². The Labute approximate surface area is 118 Å². The first-order valence-corrected chi connectivity index (χ1v) is 6.59. The van der Waals surface area contributed by atoms with Crippen molar-refractivity contribution >= 4 is 0 Å². The molecule has 1 heterocycles. The summed E-state index contributed by atoms with van der Waals surface area (Å²) in [5, 5.41) is 7.07. The van der Waals surface area contributed by atoms with E-state index in [0.29, 0.717) is 5.82 Å². The number of methoxy groups -OCH3 is 1. The number of benzene rings is 1. The fraction of sp³-hybridized carbons (Fsp3) is 0.429. The van der Waals surface area contributed by atoms with Gasteiger partial charge in [0, 0.05) is 12.1 Å². The van der Waals surface area contributed by atoms with Crippen LogP contribution in [0.25, 0.3) is 0 Å². The molecule has 0 bridgehead atoms. The third kappa shape index (κ3) is 3.96. The van der Waals surface area contributed by atoms with E-state index < -0.39 is 0 Å². The van der Waals surface area contributed by atoms with E-state index in [0.717, 1.165) is 36.6 Å². The Morgan fingerprint density at radius 3 is 2.95 bits per heavy atom. The summed E-state index contributed by atoms with van der Waals surface area (Å²) in [6.07, 6.45) is 2.37. The Morgan fingerprint density at radius 2 is 2.25 bits per heavy atom. The molecular weight excluding hydrogens is 258 g/mol. The zero-order valence-corrected chi connectivity index (χ0v) is 11.8. The van der Waals surface area contributed by atoms with Crippen LogP contribution in [0.3, 0.4) is 0 Å². The van der Waals surface area contributed by atoms with Crippen LogP contribution < -0.4 is 14.8 Å². The summed E-state index contributed by atoms with van der Waals surface area (Å²) in [7, 11) is 1.65. The summed E-state index contributed by atoms with van der Waals surface area (Å²) in [6, 6.07) is 5.73. The molecule has 0 unspecified atom stereocenters. The largest absolute Gasteiger partial charge is 0.497 e. The van der Waals surface area contributed by atoms with Crippen LogP contribution in [-0.4, -0.2) is 23.8 Å². The lowest BCUT2D eigenvalue weighted by Crippen LogP contribution is -2.15. The standard InChI is InChI=1S/C14H19N3O3/c1-3-6-15-8-11-7-12(18-2)4-5-13(11)19-9-14-16-10-20-17-14/h4-5,7,10,15H,3,6,8-9H2,1-2H3. The Kier molecular flexibility index (Phi) is 5.37. The molecular formula is C14H19N3O3. The van der Waals surface area contributed by atoms with Crippen molar-refractivity contribution in [2.24, 2.45) is 0 Å². The maximum absolute atomic E-state index is 5.73. The van der Waals surface area contributed by atoms with Gasteiger partial charge >= 0.3 is 0 Å². The van der Waals surface area contributed by atoms with Crippen LogP contribution in [0.5, 0.6) is 11.5 Å². The topological polar surface area (TPSA) is 69.4 Å². The predicted octanol–water partition coefficient (Wildman–Crippen LogP) is 2.16. The highest BCUT2D eigenvalue weighted by Gasteiger charge is 2.07. The van der Waals surface area contributed by atoms with Gasteiger partial charge in [-0.15, -0.1) is 0 Å². The van der Waals surface area contributed by atoms with Crippen LogP contribution >= 0.6 is 0 Å². The second-order valence-corrected chi connectivity index (χ2v) is 4.29. The summed E-state index contributed by atoms with van der Waals surface area (Å²) >= 11 is 0. The molecule has 0 saturated heterocycles. The molecule has 6 nitrogen and oxygen atoms in total. The highest BCUT2D eigenvalue weighted by atomic mass is 16.5. The molecule has 20 heavy (non-hydrogen) atoms. The smallest absolute Gasteiger partial charge is 0.213 e. The number of nitrogens with one attached hydrogen (secondary N) is 1. The Balaban J connectivity index is 2.04. The van der Waals surface area contributed by atoms with E-state index in [1.54, 1.807) is 7.11 Å². The Hall–Kier alpha value is -2.08. The number of rotatable bonds is 8. The Morgan fingerprint density at radius 1 is 1.35 bits per heavy atom. The molecule has 1 N–H and O–H groups in total. The second-order valence-electron chi connectivity index (χ2n) is 4.29. The van der Waals surface area contributed by atoms with Crippen molar-refractivity contribution in [2.45, 2.75) is 26.5 Å². The summed E-state index contributed by atoms with van der Waals surface area (Å²) in [6.45, 7) is 4.10. The lowest BCUT2D eigenvalue weighted by atomic mass is 10.2. The summed E-state index contributed by atoms with van der Waals surface area (Å²) in [5.74, 6) is 2.12. The minimum absolute atomic E-state index is 0.281. The predicted molar refractivity (Wildman–Crippen MR) is 73.6 cm³/mol. The number of nitrogens with zero attached hydrogens (tertiary/aromatic N) is 2. The van der Waals surface area contributed by atoms with Crippen LogP contribution in [0.4, 0.5) is 0 Å². The zero-order valence-electron chi connectivity index (χ0n) is 11.8. The Bertz CT molecular complexity index is 514. The minimum Gasteiger partial charge on any atom is -0.497 e. The molecule has 0 fully saturated rings. The van der Waals surface area contributed by atoms with Gasteiger partial charge in [-0.25, -0.2) is 0 Å². The molecule has 0 radical (unpaired) electrons. The van der Waals surface area contributed by atoms with Gasteiger partial charge in [-0.05, 0) is 31.2 Å². The average Bonchev–Trinajstić information content (AvgIpc) is 2.99. The third-order valence-electron chi connectivity index (χ3n) is 2.77. The molecule has 2 aromatic rings. The minimum atomic E-state index is 0.281. The van der Waals surface area contributed by atoms with Crippen molar-refractivity contribution in [3.63, 3.8) is 0 Å². The van der Waals surface area contributed by atoms with Gasteiger partial charge in [-0.1, -0.05) is 12.1 Å². The lowest BCUT2D eigenvalue weighted by Gasteiger charge is -2.12. The monoisotopic (exact) mass is 277 g/mol. The van der Waals surface area contributed by atoms with Crippen molar-refractivity contribution in [3.8, 4) is 11.5 Å². The maximum atomic E-state index is 5.73. The molecule has 2 rings (SSSR count). The fourth-order valence-electron chi connectivity index (χ4n) is 1.76. The quantitative estimate of drug-likeness (QED) is 0.746. The summed E-state index contributed by atoms with van der Waals surface area (Å²) in [4.78, 5) is 3.93. The molecule has 0 aliphatic heterocycles. The van der Waals surface area contributed by atoms with E-state index in [4.69, 9.17) is 9.47 Å². The van der Waals surface area contributed by atoms with Crippen LogP contribution in [0.1, 0.15) is 24.7 Å². The zero-order chi connectivity index (χ0) is 14.2. The van der Waals surface area contributed by atoms with Gasteiger partial charge in [0.1, 0.15) is 11.5 Å². The summed E-state index contributed by atoms with van der Waals surface area (Å²) < 4.78 is 15.7. The van der Waals surface area contributed by atoms with Crippen molar-refractivity contribution in [3.05, 3.63) is 36.0 Å². The van der Waals surface area contributed by atoms with E-state index in [2.05, 4.69) is 26.9 Å². The first-order valence-electron chi connectivity index (χ1n) is 6.59. The molecule has 0 atom stereocenters. The highest BCUT2D eigenvalue weighted by molar-refractivity contribution is 5.40. The van der Waals surface area contributed by atoms with Crippen molar-refractivity contribution in [2.75, 3.05) is 13.7 Å². The summed E-state index contributed by atoms with van der Waals surface area (Å²) in [5.41, 5.74) is 1.04. The number of hydrogen-bond donors (Lipinski definition) is 1. The molecule has 0 amide bonds. The van der Waals surface area contributed by atoms with E-state index in [9.17, 15) is 0 Å². The average molecular weight is 277 g/mol. The fourth-order valence-corrected chi connectivity index (χ4v) is 1.76. The van der Waals surface area contributed by atoms with Crippen molar-refractivity contribution in [1.29, 1.82) is 0 Å². The SMILES string of the molecule is CCCNCc1cc(OC)ccc1OCc1ncon1. The van der Waals surface area contributed by atoms with Crippen LogP contribution in [-0.2, 0) is 13.2 Å². The molecule has 0 saturated carbocycles. The van der Waals surface area contributed by atoms with Gasteiger partial charge in [0.25, 0.3) is 0 Å². The third-order valence-corrected chi connectivity index (χ3v) is 2.77. The normalized spacial score (nSPS) is 10.5. The van der Waals surface area contributed by atoms with Gasteiger partial charge in [0.15, 0.2) is 6.61 Å². The van der Waals surface area contributed by atoms with Crippen molar-refractivity contribution in [1.82, 2.24) is 15.5 Å². The number of hydrogen-bond acceptors (Lipinski definition) is 6. The van der Waals surface area contributed by atoms with E-state index >= 15 is 0 Å². The van der Waals surface area contributed by atoms with Gasteiger partial charge in [0.2, 0.25) is 12.2 Å². The molecule has 1 aromatic carbocycles. The first kappa shape index (κ1) is 14.3. The van der Waals surface area contributed by atoms with Crippen LogP contribution in [0.2, 0.25) is 0 Å². The molecule has 0 aliphatic carbocycles. The van der Waals surface area contributed by atoms with Crippen molar-refractivity contribution < 1.29 is 14.0 Å². The molecule has 1 aromatic heterocycles.